The molecule has 10 heteroatoms. The van der Waals surface area contributed by atoms with E-state index in [9.17, 15) is 30.0 Å². The Morgan fingerprint density at radius 1 is 1.43 bits per heavy atom. The number of nitrogens with one attached hydrogen (secondary N) is 1. The van der Waals surface area contributed by atoms with E-state index in [1.165, 1.54) is 0 Å². The van der Waals surface area contributed by atoms with E-state index in [1.54, 1.807) is 0 Å². The predicted molar refractivity (Wildman–Crippen MR) is 64.8 cm³/mol. The molecule has 7 N–H and O–H groups in total. The molecule has 0 aliphatic carbocycles. The fourth-order valence-corrected chi connectivity index (χ4v) is 2.14. The molecule has 0 aromatic heterocycles. The van der Waals surface area contributed by atoms with Crippen LogP contribution in [0.2, 0.25) is 0 Å². The number of carbonyl (C=O) groups excluding carboxylic acids is 1. The fraction of sp³-hybridized carbons (Fsp3) is 0.818. The van der Waals surface area contributed by atoms with Crippen LogP contribution >= 0.6 is 0 Å². The molecule has 10 nitrogen and oxygen atoms in total. The molecule has 1 aliphatic rings. The van der Waals surface area contributed by atoms with Crippen LogP contribution in [0.25, 0.3) is 0 Å². The molecule has 0 aromatic carbocycles. The van der Waals surface area contributed by atoms with Crippen LogP contribution in [0, 0.1) is 0 Å². The Labute approximate surface area is 119 Å². The van der Waals surface area contributed by atoms with Crippen molar-refractivity contribution in [3.05, 3.63) is 0 Å². The molecule has 122 valence electrons. The van der Waals surface area contributed by atoms with Crippen molar-refractivity contribution >= 4 is 11.9 Å². The molecule has 1 saturated heterocycles. The monoisotopic (exact) mass is 309 g/mol. The van der Waals surface area contributed by atoms with Crippen molar-refractivity contribution in [1.82, 2.24) is 5.32 Å². The maximum absolute atomic E-state index is 11.1. The summed E-state index contributed by atoms with van der Waals surface area (Å²) in [6.45, 7) is 0.256. The normalized spacial score (nSPS) is 35.8. The maximum Gasteiger partial charge on any atom is 0.364 e. The highest BCUT2D eigenvalue weighted by molar-refractivity contribution is 5.76. The molecule has 0 spiro atoms. The third-order valence-corrected chi connectivity index (χ3v) is 3.21. The van der Waals surface area contributed by atoms with Crippen molar-refractivity contribution in [1.29, 1.82) is 0 Å². The summed E-state index contributed by atoms with van der Waals surface area (Å²) in [6, 6.07) is -1.27. The van der Waals surface area contributed by atoms with Crippen LogP contribution in [0.4, 0.5) is 0 Å². The lowest BCUT2D eigenvalue weighted by molar-refractivity contribution is -0.295. The minimum Gasteiger partial charge on any atom is -0.477 e. The molecule has 1 aliphatic heterocycles. The van der Waals surface area contributed by atoms with Crippen LogP contribution in [0.3, 0.4) is 0 Å². The molecule has 21 heavy (non-hydrogen) atoms. The smallest absolute Gasteiger partial charge is 0.364 e. The first-order valence-corrected chi connectivity index (χ1v) is 6.18. The molecule has 0 bridgehead atoms. The number of rotatable bonds is 5. The van der Waals surface area contributed by atoms with E-state index in [-0.39, 0.29) is 0 Å². The third-order valence-electron chi connectivity index (χ3n) is 3.21. The van der Waals surface area contributed by atoms with Crippen molar-refractivity contribution in [2.24, 2.45) is 0 Å². The summed E-state index contributed by atoms with van der Waals surface area (Å²) in [6.07, 6.45) is -7.48. The largest absolute Gasteiger partial charge is 0.477 e. The highest BCUT2D eigenvalue weighted by atomic mass is 16.7. The van der Waals surface area contributed by atoms with Crippen molar-refractivity contribution in [3.63, 3.8) is 0 Å². The van der Waals surface area contributed by atoms with Gasteiger partial charge in [-0.25, -0.2) is 4.79 Å². The zero-order valence-corrected chi connectivity index (χ0v) is 11.2. The lowest BCUT2D eigenvalue weighted by atomic mass is 9.88. The Balaban J connectivity index is 3.07. The van der Waals surface area contributed by atoms with Gasteiger partial charge in [-0.3, -0.25) is 4.79 Å². The van der Waals surface area contributed by atoms with Gasteiger partial charge < -0.3 is 40.7 Å². The molecule has 1 amide bonds. The lowest BCUT2D eigenvalue weighted by Gasteiger charge is -2.44. The summed E-state index contributed by atoms with van der Waals surface area (Å²) >= 11 is 0. The van der Waals surface area contributed by atoms with E-state index in [0.29, 0.717) is 0 Å². The Hall–Kier alpha value is -1.30. The lowest BCUT2D eigenvalue weighted by Crippen LogP contribution is -2.67. The van der Waals surface area contributed by atoms with E-state index in [1.807, 2.05) is 0 Å². The predicted octanol–water partition coefficient (Wildman–Crippen LogP) is -3.87. The Morgan fingerprint density at radius 3 is 2.43 bits per heavy atom. The number of carboxylic acid groups (broad SMARTS) is 1. The summed E-state index contributed by atoms with van der Waals surface area (Å²) in [5, 5.41) is 59.0. The van der Waals surface area contributed by atoms with Gasteiger partial charge in [-0.15, -0.1) is 0 Å². The molecule has 0 aromatic rings. The van der Waals surface area contributed by atoms with Crippen LogP contribution in [-0.2, 0) is 14.3 Å². The number of aliphatic hydroxyl groups is 5. The molecule has 1 fully saturated rings. The molecule has 0 radical (unpaired) electrons. The molecule has 3 unspecified atom stereocenters. The second kappa shape index (κ2) is 6.64. The summed E-state index contributed by atoms with van der Waals surface area (Å²) in [7, 11) is 0. The van der Waals surface area contributed by atoms with Gasteiger partial charge in [0.1, 0.15) is 18.3 Å². The first-order valence-electron chi connectivity index (χ1n) is 6.18. The SMILES string of the molecule is CC(=O)N[C@H]1C(C(O)C(O)CO)O[C@](O)(C(=O)O)C[C@H]1O. The van der Waals surface area contributed by atoms with Gasteiger partial charge in [-0.05, 0) is 0 Å². The van der Waals surface area contributed by atoms with Crippen LogP contribution < -0.4 is 5.32 Å². The van der Waals surface area contributed by atoms with Crippen LogP contribution in [0.1, 0.15) is 13.3 Å². The number of hydrogen-bond acceptors (Lipinski definition) is 8. The van der Waals surface area contributed by atoms with Gasteiger partial charge in [0.2, 0.25) is 5.91 Å². The quantitative estimate of drug-likeness (QED) is 0.268. The van der Waals surface area contributed by atoms with E-state index in [4.69, 9.17) is 14.9 Å². The standard InChI is InChI=1S/C11H19NO9/c1-4(14)12-7-5(15)2-11(20,10(18)19)21-9(7)8(17)6(16)3-13/h5-9,13,15-17,20H,2-3H2,1H3,(H,12,14)(H,18,19)/t5-,6?,7-,8?,9?,11+/m1/s1. The summed E-state index contributed by atoms with van der Waals surface area (Å²) in [5.74, 6) is -5.17. The maximum atomic E-state index is 11.1. The minimum absolute atomic E-state index is 0.598. The Morgan fingerprint density at radius 2 is 2.00 bits per heavy atom. The highest BCUT2D eigenvalue weighted by Crippen LogP contribution is 2.30. The molecule has 1 rings (SSSR count). The van der Waals surface area contributed by atoms with Gasteiger partial charge in [0.15, 0.2) is 0 Å². The van der Waals surface area contributed by atoms with Gasteiger partial charge in [0, 0.05) is 13.3 Å². The molecule has 0 saturated carbocycles. The van der Waals surface area contributed by atoms with E-state index < -0.39 is 61.1 Å². The van der Waals surface area contributed by atoms with E-state index in [0.717, 1.165) is 6.92 Å². The number of carboxylic acids is 1. The fourth-order valence-electron chi connectivity index (χ4n) is 2.14. The summed E-state index contributed by atoms with van der Waals surface area (Å²) < 4.78 is 4.86. The van der Waals surface area contributed by atoms with Crippen molar-refractivity contribution in [2.75, 3.05) is 6.61 Å². The first kappa shape index (κ1) is 17.8. The second-order valence-corrected chi connectivity index (χ2v) is 4.91. The number of aliphatic hydroxyl groups excluding tert-OH is 4. The number of hydrogen-bond donors (Lipinski definition) is 7. The number of aliphatic carboxylic acids is 1. The molecular weight excluding hydrogens is 290 g/mol. The Kier molecular flexibility index (Phi) is 5.61. The average molecular weight is 309 g/mol. The van der Waals surface area contributed by atoms with Crippen LogP contribution in [0.5, 0.6) is 0 Å². The van der Waals surface area contributed by atoms with Crippen LogP contribution in [-0.4, -0.2) is 85.4 Å². The van der Waals surface area contributed by atoms with Crippen LogP contribution in [0.15, 0.2) is 0 Å². The average Bonchev–Trinajstić information content (AvgIpc) is 2.39. The Bertz CT molecular complexity index is 403. The third kappa shape index (κ3) is 3.87. The zero-order valence-electron chi connectivity index (χ0n) is 11.2. The van der Waals surface area contributed by atoms with Crippen molar-refractivity contribution in [2.45, 2.75) is 49.6 Å². The molecule has 6 atom stereocenters. The van der Waals surface area contributed by atoms with Gasteiger partial charge in [-0.1, -0.05) is 0 Å². The zero-order chi connectivity index (χ0) is 16.4. The van der Waals surface area contributed by atoms with Crippen molar-refractivity contribution < 1.29 is 45.0 Å². The van der Waals surface area contributed by atoms with Gasteiger partial charge in [0.05, 0.1) is 18.8 Å². The van der Waals surface area contributed by atoms with E-state index >= 15 is 0 Å². The number of amides is 1. The molecular formula is C11H19NO9. The number of carbonyl (C=O) groups is 2. The molecule has 1 heterocycles. The minimum atomic E-state index is -2.78. The van der Waals surface area contributed by atoms with Gasteiger partial charge in [-0.2, -0.15) is 0 Å². The number of ether oxygens (including phenoxy) is 1. The first-order chi connectivity index (χ1) is 9.62. The second-order valence-electron chi connectivity index (χ2n) is 4.91. The summed E-state index contributed by atoms with van der Waals surface area (Å²) in [4.78, 5) is 22.1. The van der Waals surface area contributed by atoms with Gasteiger partial charge in [0.25, 0.3) is 5.79 Å². The highest BCUT2D eigenvalue weighted by Gasteiger charge is 2.53. The van der Waals surface area contributed by atoms with Gasteiger partial charge >= 0.3 is 5.97 Å². The van der Waals surface area contributed by atoms with Crippen molar-refractivity contribution in [3.8, 4) is 0 Å². The topological polar surface area (TPSA) is 177 Å². The summed E-state index contributed by atoms with van der Waals surface area (Å²) in [5.41, 5.74) is 0. The van der Waals surface area contributed by atoms with E-state index in [2.05, 4.69) is 5.32 Å².